The number of ether oxygens (including phenoxy) is 1. The topological polar surface area (TPSA) is 58.6 Å². The molecule has 0 saturated heterocycles. The molecular formula is C26H33IN2O3. The van der Waals surface area contributed by atoms with Crippen LogP contribution in [0.25, 0.3) is 0 Å². The SMILES string of the molecule is CC[C@H](C(=O)NC1CCCCC1)N(Cc1ccc(C)cc1)C(=O)COc1ccc(I)cc1. The van der Waals surface area contributed by atoms with Crippen molar-refractivity contribution in [2.45, 2.75) is 71.0 Å². The molecule has 1 aliphatic rings. The zero-order valence-electron chi connectivity index (χ0n) is 19.0. The van der Waals surface area contributed by atoms with Gasteiger partial charge in [0.05, 0.1) is 0 Å². The Labute approximate surface area is 205 Å². The highest BCUT2D eigenvalue weighted by Gasteiger charge is 2.30. The monoisotopic (exact) mass is 548 g/mol. The van der Waals surface area contributed by atoms with Crippen LogP contribution in [0.1, 0.15) is 56.6 Å². The Hall–Kier alpha value is -2.09. The third-order valence-electron chi connectivity index (χ3n) is 5.99. The van der Waals surface area contributed by atoms with Crippen molar-refractivity contribution in [3.05, 3.63) is 63.2 Å². The highest BCUT2D eigenvalue weighted by Crippen LogP contribution is 2.20. The highest BCUT2D eigenvalue weighted by atomic mass is 127. The first-order valence-corrected chi connectivity index (χ1v) is 12.6. The largest absolute Gasteiger partial charge is 0.484 e. The molecule has 0 radical (unpaired) electrons. The molecule has 5 nitrogen and oxygen atoms in total. The fourth-order valence-electron chi connectivity index (χ4n) is 4.11. The Balaban J connectivity index is 1.73. The van der Waals surface area contributed by atoms with E-state index in [1.54, 1.807) is 4.90 Å². The zero-order valence-corrected chi connectivity index (χ0v) is 21.1. The first-order valence-electron chi connectivity index (χ1n) is 11.5. The first kappa shape index (κ1) is 24.6. The molecular weight excluding hydrogens is 515 g/mol. The summed E-state index contributed by atoms with van der Waals surface area (Å²) in [5, 5.41) is 3.21. The number of carbonyl (C=O) groups is 2. The van der Waals surface area contributed by atoms with Crippen LogP contribution in [-0.2, 0) is 16.1 Å². The van der Waals surface area contributed by atoms with Gasteiger partial charge in [-0.15, -0.1) is 0 Å². The van der Waals surface area contributed by atoms with Crippen LogP contribution >= 0.6 is 22.6 Å². The maximum absolute atomic E-state index is 13.3. The van der Waals surface area contributed by atoms with Crippen LogP contribution in [0.2, 0.25) is 0 Å². The summed E-state index contributed by atoms with van der Waals surface area (Å²) in [6, 6.07) is 15.4. The van der Waals surface area contributed by atoms with Gasteiger partial charge < -0.3 is 15.0 Å². The number of benzene rings is 2. The Bertz CT molecular complexity index is 877. The van der Waals surface area contributed by atoms with Gasteiger partial charge in [-0.2, -0.15) is 0 Å². The van der Waals surface area contributed by atoms with Gasteiger partial charge in [0, 0.05) is 16.2 Å². The van der Waals surface area contributed by atoms with E-state index in [4.69, 9.17) is 4.74 Å². The minimum absolute atomic E-state index is 0.0610. The smallest absolute Gasteiger partial charge is 0.261 e. The van der Waals surface area contributed by atoms with E-state index in [-0.39, 0.29) is 24.5 Å². The van der Waals surface area contributed by atoms with Crippen LogP contribution in [0, 0.1) is 10.5 Å². The summed E-state index contributed by atoms with van der Waals surface area (Å²) >= 11 is 2.23. The molecule has 0 spiro atoms. The van der Waals surface area contributed by atoms with Gasteiger partial charge in [0.2, 0.25) is 5.91 Å². The lowest BCUT2D eigenvalue weighted by atomic mass is 9.95. The first-order chi connectivity index (χ1) is 15.5. The lowest BCUT2D eigenvalue weighted by Crippen LogP contribution is -2.52. The maximum atomic E-state index is 13.3. The highest BCUT2D eigenvalue weighted by molar-refractivity contribution is 14.1. The van der Waals surface area contributed by atoms with Crippen LogP contribution in [0.4, 0.5) is 0 Å². The van der Waals surface area contributed by atoms with E-state index in [1.807, 2.05) is 62.4 Å². The van der Waals surface area contributed by atoms with Crippen LogP contribution < -0.4 is 10.1 Å². The van der Waals surface area contributed by atoms with Crippen LogP contribution in [-0.4, -0.2) is 35.4 Å². The summed E-state index contributed by atoms with van der Waals surface area (Å²) < 4.78 is 6.86. The Morgan fingerprint density at radius 1 is 1.06 bits per heavy atom. The van der Waals surface area contributed by atoms with E-state index in [0.29, 0.717) is 18.7 Å². The molecule has 0 bridgehead atoms. The predicted octanol–water partition coefficient (Wildman–Crippen LogP) is 5.23. The molecule has 1 saturated carbocycles. The molecule has 172 valence electrons. The average molecular weight is 548 g/mol. The number of halogens is 1. The van der Waals surface area contributed by atoms with Gasteiger partial charge in [0.15, 0.2) is 6.61 Å². The van der Waals surface area contributed by atoms with Crippen molar-refractivity contribution in [1.82, 2.24) is 10.2 Å². The second kappa shape index (κ2) is 12.2. The number of nitrogens with zero attached hydrogens (tertiary/aromatic N) is 1. The number of hydrogen-bond acceptors (Lipinski definition) is 3. The number of aryl methyl sites for hydroxylation is 1. The minimum atomic E-state index is -0.522. The standard InChI is InChI=1S/C26H33IN2O3/c1-3-24(26(31)28-22-7-5-4-6-8-22)29(17-20-11-9-19(2)10-12-20)25(30)18-32-23-15-13-21(27)14-16-23/h9-16,22,24H,3-8,17-18H2,1-2H3,(H,28,31)/t24-/m1/s1. The fraction of sp³-hybridized carbons (Fsp3) is 0.462. The summed E-state index contributed by atoms with van der Waals surface area (Å²) in [5.41, 5.74) is 2.16. The Morgan fingerprint density at radius 3 is 2.34 bits per heavy atom. The summed E-state index contributed by atoms with van der Waals surface area (Å²) in [4.78, 5) is 28.1. The number of rotatable bonds is 9. The van der Waals surface area contributed by atoms with Gasteiger partial charge in [-0.05, 0) is 78.6 Å². The number of amides is 2. The van der Waals surface area contributed by atoms with Gasteiger partial charge in [-0.1, -0.05) is 56.0 Å². The lowest BCUT2D eigenvalue weighted by molar-refractivity contribution is -0.143. The molecule has 2 aromatic carbocycles. The zero-order chi connectivity index (χ0) is 22.9. The van der Waals surface area contributed by atoms with Crippen molar-refractivity contribution in [1.29, 1.82) is 0 Å². The molecule has 1 fully saturated rings. The van der Waals surface area contributed by atoms with Crippen LogP contribution in [0.15, 0.2) is 48.5 Å². The molecule has 6 heteroatoms. The van der Waals surface area contributed by atoms with Crippen molar-refractivity contribution < 1.29 is 14.3 Å². The van der Waals surface area contributed by atoms with Crippen LogP contribution in [0.5, 0.6) is 5.75 Å². The second-order valence-corrected chi connectivity index (χ2v) is 9.76. The molecule has 32 heavy (non-hydrogen) atoms. The minimum Gasteiger partial charge on any atom is -0.484 e. The van der Waals surface area contributed by atoms with E-state index >= 15 is 0 Å². The van der Waals surface area contributed by atoms with Gasteiger partial charge in [0.25, 0.3) is 5.91 Å². The van der Waals surface area contributed by atoms with Crippen LogP contribution in [0.3, 0.4) is 0 Å². The lowest BCUT2D eigenvalue weighted by Gasteiger charge is -2.32. The average Bonchev–Trinajstić information content (AvgIpc) is 2.80. The normalized spacial score (nSPS) is 15.1. The third kappa shape index (κ3) is 7.22. The van der Waals surface area contributed by atoms with Crippen molar-refractivity contribution in [3.63, 3.8) is 0 Å². The van der Waals surface area contributed by atoms with E-state index in [0.717, 1.165) is 40.4 Å². The van der Waals surface area contributed by atoms with E-state index in [9.17, 15) is 9.59 Å². The van der Waals surface area contributed by atoms with Gasteiger partial charge in [0.1, 0.15) is 11.8 Å². The number of hydrogen-bond donors (Lipinski definition) is 1. The molecule has 0 unspecified atom stereocenters. The molecule has 2 amide bonds. The third-order valence-corrected chi connectivity index (χ3v) is 6.71. The van der Waals surface area contributed by atoms with Gasteiger partial charge in [-0.25, -0.2) is 0 Å². The molecule has 3 rings (SSSR count). The van der Waals surface area contributed by atoms with E-state index < -0.39 is 6.04 Å². The molecule has 0 aromatic heterocycles. The molecule has 0 aliphatic heterocycles. The molecule has 1 N–H and O–H groups in total. The van der Waals surface area contributed by atoms with Crippen molar-refractivity contribution >= 4 is 34.4 Å². The summed E-state index contributed by atoms with van der Waals surface area (Å²) in [6.07, 6.45) is 6.13. The molecule has 1 atom stereocenters. The Kier molecular flexibility index (Phi) is 9.38. The summed E-state index contributed by atoms with van der Waals surface area (Å²) in [6.45, 7) is 4.28. The van der Waals surface area contributed by atoms with Crippen molar-refractivity contribution in [2.24, 2.45) is 0 Å². The van der Waals surface area contributed by atoms with Crippen molar-refractivity contribution in [3.8, 4) is 5.75 Å². The molecule has 0 heterocycles. The maximum Gasteiger partial charge on any atom is 0.261 e. The Morgan fingerprint density at radius 2 is 1.72 bits per heavy atom. The fourth-order valence-corrected chi connectivity index (χ4v) is 4.47. The van der Waals surface area contributed by atoms with E-state index in [2.05, 4.69) is 27.9 Å². The van der Waals surface area contributed by atoms with Crippen molar-refractivity contribution in [2.75, 3.05) is 6.61 Å². The van der Waals surface area contributed by atoms with E-state index in [1.165, 1.54) is 6.42 Å². The number of nitrogens with one attached hydrogen (secondary N) is 1. The summed E-state index contributed by atoms with van der Waals surface area (Å²) in [5.74, 6) is 0.401. The van der Waals surface area contributed by atoms with Gasteiger partial charge in [-0.3, -0.25) is 9.59 Å². The number of carbonyl (C=O) groups excluding carboxylic acids is 2. The quantitative estimate of drug-likeness (QED) is 0.437. The molecule has 1 aliphatic carbocycles. The molecule has 2 aromatic rings. The predicted molar refractivity (Wildman–Crippen MR) is 135 cm³/mol. The van der Waals surface area contributed by atoms with Gasteiger partial charge >= 0.3 is 0 Å². The summed E-state index contributed by atoms with van der Waals surface area (Å²) in [7, 11) is 0. The second-order valence-electron chi connectivity index (χ2n) is 8.52.